The van der Waals surface area contributed by atoms with Crippen LogP contribution in [0.3, 0.4) is 0 Å². The van der Waals surface area contributed by atoms with Gasteiger partial charge in [0.2, 0.25) is 0 Å². The summed E-state index contributed by atoms with van der Waals surface area (Å²) in [5.41, 5.74) is 2.96. The fourth-order valence-corrected chi connectivity index (χ4v) is 2.37. The molecule has 0 aliphatic carbocycles. The molecule has 0 heterocycles. The number of benzene rings is 2. The van der Waals surface area contributed by atoms with Crippen LogP contribution in [0.25, 0.3) is 0 Å². The summed E-state index contributed by atoms with van der Waals surface area (Å²) in [5, 5.41) is 0. The van der Waals surface area contributed by atoms with Crippen molar-refractivity contribution in [2.45, 2.75) is 6.04 Å². The van der Waals surface area contributed by atoms with Gasteiger partial charge in [0.1, 0.15) is 5.82 Å². The Morgan fingerprint density at radius 3 is 2.26 bits per heavy atom. The third kappa shape index (κ3) is 2.65. The van der Waals surface area contributed by atoms with Crippen molar-refractivity contribution in [2.75, 3.05) is 0 Å². The maximum absolute atomic E-state index is 13.7. The van der Waals surface area contributed by atoms with Gasteiger partial charge in [0.15, 0.2) is 11.6 Å². The quantitative estimate of drug-likeness (QED) is 0.514. The molecule has 100 valence electrons. The van der Waals surface area contributed by atoms with Crippen molar-refractivity contribution in [3.8, 4) is 0 Å². The Hall–Kier alpha value is -1.37. The predicted molar refractivity (Wildman–Crippen MR) is 69.6 cm³/mol. The van der Waals surface area contributed by atoms with E-state index in [1.54, 1.807) is 6.07 Å². The summed E-state index contributed by atoms with van der Waals surface area (Å²) < 4.78 is 40.3. The van der Waals surface area contributed by atoms with Crippen LogP contribution in [0.5, 0.6) is 0 Å². The lowest BCUT2D eigenvalue weighted by molar-refractivity contribution is 0.496. The highest BCUT2D eigenvalue weighted by atomic mass is 79.9. The molecule has 19 heavy (non-hydrogen) atoms. The molecule has 2 aromatic carbocycles. The van der Waals surface area contributed by atoms with E-state index < -0.39 is 23.5 Å². The van der Waals surface area contributed by atoms with Crippen molar-refractivity contribution in [1.29, 1.82) is 0 Å². The molecule has 0 radical (unpaired) electrons. The fraction of sp³-hybridized carbons (Fsp3) is 0.0769. The largest absolute Gasteiger partial charge is 0.271 e. The molecule has 0 aliphatic rings. The molecule has 2 rings (SSSR count). The minimum Gasteiger partial charge on any atom is -0.271 e. The highest BCUT2D eigenvalue weighted by Gasteiger charge is 2.21. The van der Waals surface area contributed by atoms with Gasteiger partial charge in [-0.1, -0.05) is 24.3 Å². The van der Waals surface area contributed by atoms with Gasteiger partial charge in [-0.05, 0) is 33.6 Å². The van der Waals surface area contributed by atoms with Crippen molar-refractivity contribution in [3.05, 3.63) is 69.4 Å². The van der Waals surface area contributed by atoms with Crippen molar-refractivity contribution in [3.63, 3.8) is 0 Å². The van der Waals surface area contributed by atoms with Crippen LogP contribution in [-0.2, 0) is 0 Å². The summed E-state index contributed by atoms with van der Waals surface area (Å²) >= 11 is 2.96. The van der Waals surface area contributed by atoms with E-state index in [-0.39, 0.29) is 10.0 Å². The van der Waals surface area contributed by atoms with Crippen LogP contribution in [0.15, 0.2) is 40.9 Å². The Labute approximate surface area is 116 Å². The Balaban J connectivity index is 2.55. The summed E-state index contributed by atoms with van der Waals surface area (Å²) in [6, 6.07) is 7.50. The van der Waals surface area contributed by atoms with Gasteiger partial charge in [-0.2, -0.15) is 0 Å². The van der Waals surface area contributed by atoms with Gasteiger partial charge < -0.3 is 0 Å². The molecule has 6 heteroatoms. The number of rotatable bonds is 3. The smallest absolute Gasteiger partial charge is 0.173 e. The highest BCUT2D eigenvalue weighted by Crippen LogP contribution is 2.32. The standard InChI is InChI=1S/C13H10BrF3N2/c14-11-8(5-6-10(16)12(11)17)13(19-18)7-3-1-2-4-9(7)15/h1-6,13,19H,18H2. The molecule has 0 fully saturated rings. The van der Waals surface area contributed by atoms with Crippen LogP contribution in [-0.4, -0.2) is 0 Å². The van der Waals surface area contributed by atoms with E-state index in [9.17, 15) is 13.2 Å². The predicted octanol–water partition coefficient (Wildman–Crippen LogP) is 3.42. The molecule has 0 aliphatic heterocycles. The van der Waals surface area contributed by atoms with Crippen molar-refractivity contribution < 1.29 is 13.2 Å². The van der Waals surface area contributed by atoms with Crippen LogP contribution in [0.4, 0.5) is 13.2 Å². The second-order valence-electron chi connectivity index (χ2n) is 3.89. The number of hydrazine groups is 1. The van der Waals surface area contributed by atoms with E-state index in [1.165, 1.54) is 24.3 Å². The highest BCUT2D eigenvalue weighted by molar-refractivity contribution is 9.10. The van der Waals surface area contributed by atoms with Crippen molar-refractivity contribution in [1.82, 2.24) is 5.43 Å². The second kappa shape index (κ2) is 5.73. The molecule has 0 saturated heterocycles. The number of nitrogens with two attached hydrogens (primary N) is 1. The summed E-state index contributed by atoms with van der Waals surface area (Å²) in [6.45, 7) is 0. The van der Waals surface area contributed by atoms with E-state index in [0.717, 1.165) is 6.07 Å². The number of hydrogen-bond donors (Lipinski definition) is 2. The van der Waals surface area contributed by atoms with Gasteiger partial charge in [0.05, 0.1) is 10.5 Å². The first kappa shape index (κ1) is 14.0. The lowest BCUT2D eigenvalue weighted by Crippen LogP contribution is -2.30. The average Bonchev–Trinajstić information content (AvgIpc) is 2.41. The maximum Gasteiger partial charge on any atom is 0.173 e. The molecular formula is C13H10BrF3N2. The van der Waals surface area contributed by atoms with Gasteiger partial charge >= 0.3 is 0 Å². The van der Waals surface area contributed by atoms with Crippen LogP contribution < -0.4 is 11.3 Å². The molecular weight excluding hydrogens is 321 g/mol. The van der Waals surface area contributed by atoms with Gasteiger partial charge in [-0.15, -0.1) is 0 Å². The second-order valence-corrected chi connectivity index (χ2v) is 4.68. The lowest BCUT2D eigenvalue weighted by atomic mass is 9.98. The average molecular weight is 331 g/mol. The minimum absolute atomic E-state index is 0.0845. The first-order valence-corrected chi connectivity index (χ1v) is 6.19. The monoisotopic (exact) mass is 330 g/mol. The molecule has 0 amide bonds. The molecule has 2 aromatic rings. The third-order valence-electron chi connectivity index (χ3n) is 2.76. The Kier molecular flexibility index (Phi) is 4.24. The van der Waals surface area contributed by atoms with Gasteiger partial charge in [-0.3, -0.25) is 5.84 Å². The van der Waals surface area contributed by atoms with Gasteiger partial charge in [0, 0.05) is 5.56 Å². The Bertz CT molecular complexity index is 604. The minimum atomic E-state index is -1.03. The number of nitrogens with one attached hydrogen (secondary N) is 1. The van der Waals surface area contributed by atoms with Gasteiger partial charge in [-0.25, -0.2) is 18.6 Å². The van der Waals surface area contributed by atoms with Crippen LogP contribution in [0, 0.1) is 17.5 Å². The zero-order chi connectivity index (χ0) is 14.0. The van der Waals surface area contributed by atoms with E-state index >= 15 is 0 Å². The summed E-state index contributed by atoms with van der Waals surface area (Å²) in [7, 11) is 0. The number of halogens is 4. The lowest BCUT2D eigenvalue weighted by Gasteiger charge is -2.19. The summed E-state index contributed by atoms with van der Waals surface area (Å²) in [4.78, 5) is 0. The normalized spacial score (nSPS) is 12.5. The van der Waals surface area contributed by atoms with Crippen LogP contribution in [0.2, 0.25) is 0 Å². The molecule has 0 spiro atoms. The molecule has 0 saturated carbocycles. The molecule has 0 bridgehead atoms. The topological polar surface area (TPSA) is 38.0 Å². The van der Waals surface area contributed by atoms with Crippen molar-refractivity contribution >= 4 is 15.9 Å². The summed E-state index contributed by atoms with van der Waals surface area (Å²) in [6.07, 6.45) is 0. The Morgan fingerprint density at radius 2 is 1.63 bits per heavy atom. The summed E-state index contributed by atoms with van der Waals surface area (Å²) in [5.74, 6) is 2.91. The molecule has 1 unspecified atom stereocenters. The van der Waals surface area contributed by atoms with Crippen molar-refractivity contribution in [2.24, 2.45) is 5.84 Å². The van der Waals surface area contributed by atoms with E-state index in [0.29, 0.717) is 5.56 Å². The molecule has 3 N–H and O–H groups in total. The molecule has 2 nitrogen and oxygen atoms in total. The zero-order valence-corrected chi connectivity index (χ0v) is 11.2. The van der Waals surface area contributed by atoms with E-state index in [4.69, 9.17) is 5.84 Å². The van der Waals surface area contributed by atoms with E-state index in [2.05, 4.69) is 21.4 Å². The van der Waals surface area contributed by atoms with Crippen LogP contribution >= 0.6 is 15.9 Å². The Morgan fingerprint density at radius 1 is 0.947 bits per heavy atom. The fourth-order valence-electron chi connectivity index (χ4n) is 1.82. The van der Waals surface area contributed by atoms with Crippen LogP contribution in [0.1, 0.15) is 17.2 Å². The number of hydrogen-bond acceptors (Lipinski definition) is 2. The zero-order valence-electron chi connectivity index (χ0n) is 9.63. The van der Waals surface area contributed by atoms with E-state index in [1.807, 2.05) is 0 Å². The first-order valence-electron chi connectivity index (χ1n) is 5.40. The SMILES string of the molecule is NNC(c1ccccc1F)c1ccc(F)c(F)c1Br. The maximum atomic E-state index is 13.7. The molecule has 0 aromatic heterocycles. The third-order valence-corrected chi connectivity index (χ3v) is 3.56. The van der Waals surface area contributed by atoms with Gasteiger partial charge in [0.25, 0.3) is 0 Å². The molecule has 1 atom stereocenters. The first-order chi connectivity index (χ1) is 9.06.